The van der Waals surface area contributed by atoms with Crippen LogP contribution < -0.4 is 0 Å². The van der Waals surface area contributed by atoms with Crippen molar-refractivity contribution in [2.45, 2.75) is 44.4 Å². The third-order valence-corrected chi connectivity index (χ3v) is 5.75. The van der Waals surface area contributed by atoms with Crippen molar-refractivity contribution >= 4 is 5.78 Å². The number of carbonyl (C=O) groups excluding carboxylic acids is 1. The number of hydrogen-bond donors (Lipinski definition) is 1. The Morgan fingerprint density at radius 1 is 1.08 bits per heavy atom. The normalized spacial score (nSPS) is 17.1. The van der Waals surface area contributed by atoms with Crippen LogP contribution >= 0.6 is 0 Å². The van der Waals surface area contributed by atoms with E-state index in [0.717, 1.165) is 50.9 Å². The van der Waals surface area contributed by atoms with Gasteiger partial charge in [0.15, 0.2) is 0 Å². The molecule has 3 heteroatoms. The van der Waals surface area contributed by atoms with Crippen molar-refractivity contribution in [3.8, 4) is 5.75 Å². The number of carbonyl (C=O) groups is 1. The first kappa shape index (κ1) is 18.7. The number of phenolic OH excluding ortho intramolecular Hbond substituents is 1. The van der Waals surface area contributed by atoms with E-state index in [4.69, 9.17) is 0 Å². The van der Waals surface area contributed by atoms with Crippen molar-refractivity contribution in [1.82, 2.24) is 4.90 Å². The average Bonchev–Trinajstić information content (AvgIpc) is 2.69. The molecule has 2 aromatic rings. The molecule has 0 spiro atoms. The quantitative estimate of drug-likeness (QED) is 0.807. The summed E-state index contributed by atoms with van der Waals surface area (Å²) in [5.74, 6) is 0.545. The molecule has 1 saturated heterocycles. The Balaban J connectivity index is 1.61. The Kier molecular flexibility index (Phi) is 6.10. The Morgan fingerprint density at radius 2 is 1.81 bits per heavy atom. The Morgan fingerprint density at radius 3 is 2.46 bits per heavy atom. The molecule has 138 valence electrons. The van der Waals surface area contributed by atoms with Gasteiger partial charge < -0.3 is 10.0 Å². The van der Waals surface area contributed by atoms with E-state index >= 15 is 0 Å². The number of benzene rings is 2. The number of piperidine rings is 1. The molecule has 1 N–H and O–H groups in total. The monoisotopic (exact) mass is 351 g/mol. The van der Waals surface area contributed by atoms with Crippen LogP contribution in [0.15, 0.2) is 54.6 Å². The maximum atomic E-state index is 12.8. The molecule has 1 aliphatic heterocycles. The van der Waals surface area contributed by atoms with Crippen LogP contribution in [0.4, 0.5) is 0 Å². The lowest BCUT2D eigenvalue weighted by molar-refractivity contribution is -0.126. The Hall–Kier alpha value is -2.13. The lowest BCUT2D eigenvalue weighted by Crippen LogP contribution is -2.47. The summed E-state index contributed by atoms with van der Waals surface area (Å²) >= 11 is 0. The van der Waals surface area contributed by atoms with Crippen molar-refractivity contribution in [3.63, 3.8) is 0 Å². The number of Topliss-reactive ketones (excluding diaryl/α,β-unsaturated/α-hetero) is 1. The highest BCUT2D eigenvalue weighted by molar-refractivity contribution is 5.90. The second-order valence-corrected chi connectivity index (χ2v) is 7.34. The number of nitrogens with zero attached hydrogens (tertiary/aromatic N) is 1. The zero-order chi connectivity index (χ0) is 18.4. The van der Waals surface area contributed by atoms with Gasteiger partial charge in [-0.1, -0.05) is 49.4 Å². The number of rotatable bonds is 7. The van der Waals surface area contributed by atoms with E-state index in [1.54, 1.807) is 12.1 Å². The SMILES string of the molecule is CCC(=O)C1(c2cccc(O)c2)CCN(CCCc2ccccc2)CC1. The molecule has 0 bridgehead atoms. The molecule has 0 atom stereocenters. The molecule has 0 radical (unpaired) electrons. The van der Waals surface area contributed by atoms with Gasteiger partial charge in [0.1, 0.15) is 11.5 Å². The van der Waals surface area contributed by atoms with E-state index in [-0.39, 0.29) is 5.75 Å². The molecule has 0 amide bonds. The second kappa shape index (κ2) is 8.50. The minimum Gasteiger partial charge on any atom is -0.508 e. The van der Waals surface area contributed by atoms with Crippen molar-refractivity contribution in [2.24, 2.45) is 0 Å². The highest BCUT2D eigenvalue weighted by atomic mass is 16.3. The second-order valence-electron chi connectivity index (χ2n) is 7.34. The first-order valence-electron chi connectivity index (χ1n) is 9.73. The van der Waals surface area contributed by atoms with Crippen LogP contribution in [-0.2, 0) is 16.6 Å². The minimum atomic E-state index is -0.427. The lowest BCUT2D eigenvalue weighted by Gasteiger charge is -2.41. The van der Waals surface area contributed by atoms with Crippen molar-refractivity contribution in [3.05, 3.63) is 65.7 Å². The van der Waals surface area contributed by atoms with Crippen LogP contribution in [0, 0.1) is 0 Å². The molecule has 1 aliphatic rings. The Bertz CT molecular complexity index is 718. The van der Waals surface area contributed by atoms with Gasteiger partial charge in [-0.3, -0.25) is 4.79 Å². The number of ketones is 1. The van der Waals surface area contributed by atoms with E-state index in [1.807, 2.05) is 19.1 Å². The van der Waals surface area contributed by atoms with E-state index in [1.165, 1.54) is 5.56 Å². The van der Waals surface area contributed by atoms with Crippen LogP contribution in [0.1, 0.15) is 43.7 Å². The molecular formula is C23H29NO2. The Labute approximate surface area is 156 Å². The summed E-state index contributed by atoms with van der Waals surface area (Å²) in [6.07, 6.45) is 4.47. The van der Waals surface area contributed by atoms with Crippen molar-refractivity contribution in [2.75, 3.05) is 19.6 Å². The van der Waals surface area contributed by atoms with Crippen LogP contribution in [0.5, 0.6) is 5.75 Å². The molecule has 26 heavy (non-hydrogen) atoms. The number of aromatic hydroxyl groups is 1. The summed E-state index contributed by atoms with van der Waals surface area (Å²) in [5, 5.41) is 9.87. The standard InChI is InChI=1S/C23H29NO2/c1-2-22(26)23(20-11-6-12-21(25)18-20)13-16-24(17-14-23)15-7-10-19-8-4-3-5-9-19/h3-6,8-9,11-12,18,25H,2,7,10,13-17H2,1H3. The third kappa shape index (κ3) is 4.16. The zero-order valence-corrected chi connectivity index (χ0v) is 15.7. The lowest BCUT2D eigenvalue weighted by atomic mass is 9.69. The van der Waals surface area contributed by atoms with Gasteiger partial charge in [0.25, 0.3) is 0 Å². The fraction of sp³-hybridized carbons (Fsp3) is 0.435. The predicted molar refractivity (Wildman–Crippen MR) is 106 cm³/mol. The van der Waals surface area contributed by atoms with Gasteiger partial charge >= 0.3 is 0 Å². The summed E-state index contributed by atoms with van der Waals surface area (Å²) in [7, 11) is 0. The molecule has 2 aromatic carbocycles. The number of hydrogen-bond acceptors (Lipinski definition) is 3. The van der Waals surface area contributed by atoms with E-state index in [2.05, 4.69) is 35.2 Å². The topological polar surface area (TPSA) is 40.5 Å². The molecule has 1 fully saturated rings. The summed E-state index contributed by atoms with van der Waals surface area (Å²) in [6.45, 7) is 4.90. The van der Waals surface area contributed by atoms with Gasteiger partial charge in [0.05, 0.1) is 5.41 Å². The molecule has 0 saturated carbocycles. The van der Waals surface area contributed by atoms with E-state index < -0.39 is 5.41 Å². The first-order chi connectivity index (χ1) is 12.6. The molecular weight excluding hydrogens is 322 g/mol. The van der Waals surface area contributed by atoms with Crippen molar-refractivity contribution < 1.29 is 9.90 Å². The smallest absolute Gasteiger partial charge is 0.143 e. The largest absolute Gasteiger partial charge is 0.508 e. The van der Waals surface area contributed by atoms with Gasteiger partial charge in [0, 0.05) is 6.42 Å². The average molecular weight is 351 g/mol. The first-order valence-corrected chi connectivity index (χ1v) is 9.73. The summed E-state index contributed by atoms with van der Waals surface area (Å²) in [6, 6.07) is 17.9. The number of likely N-dealkylation sites (tertiary alicyclic amines) is 1. The van der Waals surface area contributed by atoms with Gasteiger partial charge in [-0.05, 0) is 68.6 Å². The maximum absolute atomic E-state index is 12.8. The number of phenols is 1. The molecule has 3 rings (SSSR count). The summed E-state index contributed by atoms with van der Waals surface area (Å²) in [5.41, 5.74) is 1.94. The van der Waals surface area contributed by atoms with Crippen LogP contribution in [-0.4, -0.2) is 35.4 Å². The summed E-state index contributed by atoms with van der Waals surface area (Å²) < 4.78 is 0. The van der Waals surface area contributed by atoms with Crippen LogP contribution in [0.25, 0.3) is 0 Å². The molecule has 0 aromatic heterocycles. The van der Waals surface area contributed by atoms with E-state index in [9.17, 15) is 9.90 Å². The molecule has 1 heterocycles. The van der Waals surface area contributed by atoms with Gasteiger partial charge in [0.2, 0.25) is 0 Å². The highest BCUT2D eigenvalue weighted by Gasteiger charge is 2.41. The van der Waals surface area contributed by atoms with Crippen molar-refractivity contribution in [1.29, 1.82) is 0 Å². The van der Waals surface area contributed by atoms with Crippen LogP contribution in [0.2, 0.25) is 0 Å². The fourth-order valence-corrected chi connectivity index (χ4v) is 4.18. The number of aryl methyl sites for hydroxylation is 1. The van der Waals surface area contributed by atoms with E-state index in [0.29, 0.717) is 12.2 Å². The zero-order valence-electron chi connectivity index (χ0n) is 15.7. The minimum absolute atomic E-state index is 0.246. The van der Waals surface area contributed by atoms with Gasteiger partial charge in [-0.25, -0.2) is 0 Å². The molecule has 0 aliphatic carbocycles. The van der Waals surface area contributed by atoms with Gasteiger partial charge in [-0.15, -0.1) is 0 Å². The summed E-state index contributed by atoms with van der Waals surface area (Å²) in [4.78, 5) is 15.3. The molecule has 3 nitrogen and oxygen atoms in total. The maximum Gasteiger partial charge on any atom is 0.143 e. The predicted octanol–water partition coefficient (Wildman–Crippen LogP) is 4.34. The highest BCUT2D eigenvalue weighted by Crippen LogP contribution is 2.38. The van der Waals surface area contributed by atoms with Gasteiger partial charge in [-0.2, -0.15) is 0 Å². The third-order valence-electron chi connectivity index (χ3n) is 5.75. The van der Waals surface area contributed by atoms with Crippen LogP contribution in [0.3, 0.4) is 0 Å². The fourth-order valence-electron chi connectivity index (χ4n) is 4.18. The molecule has 0 unspecified atom stereocenters.